The zero-order valence-electron chi connectivity index (χ0n) is 19.4. The number of carbonyl (C=O) groups excluding carboxylic acids is 1. The molecular formula is C28H30FN3O2. The molecule has 0 bridgehead atoms. The van der Waals surface area contributed by atoms with Gasteiger partial charge in [-0.1, -0.05) is 48.5 Å². The molecule has 0 radical (unpaired) electrons. The van der Waals surface area contributed by atoms with Crippen molar-refractivity contribution in [2.24, 2.45) is 5.92 Å². The molecule has 2 aliphatic rings. The second-order valence-electron chi connectivity index (χ2n) is 9.13. The van der Waals surface area contributed by atoms with Crippen molar-refractivity contribution in [2.45, 2.75) is 25.6 Å². The number of amides is 1. The first-order valence-corrected chi connectivity index (χ1v) is 11.8. The van der Waals surface area contributed by atoms with E-state index in [1.54, 1.807) is 7.11 Å². The minimum atomic E-state index is -0.221. The van der Waals surface area contributed by atoms with Crippen molar-refractivity contribution in [1.29, 1.82) is 0 Å². The number of hydrogen-bond acceptors (Lipinski definition) is 4. The minimum Gasteiger partial charge on any atom is -0.497 e. The third-order valence-electron chi connectivity index (χ3n) is 6.97. The van der Waals surface area contributed by atoms with E-state index < -0.39 is 0 Å². The third-order valence-corrected chi connectivity index (χ3v) is 6.97. The van der Waals surface area contributed by atoms with Crippen molar-refractivity contribution in [3.8, 4) is 5.75 Å². The highest BCUT2D eigenvalue weighted by atomic mass is 19.1. The summed E-state index contributed by atoms with van der Waals surface area (Å²) in [4.78, 5) is 18.2. The van der Waals surface area contributed by atoms with E-state index in [-0.39, 0.29) is 23.7 Å². The molecule has 0 spiro atoms. The molecule has 1 saturated heterocycles. The van der Waals surface area contributed by atoms with Crippen LogP contribution >= 0.6 is 0 Å². The molecule has 0 saturated carbocycles. The fraction of sp³-hybridized carbons (Fsp3) is 0.321. The molecule has 5 nitrogen and oxygen atoms in total. The summed E-state index contributed by atoms with van der Waals surface area (Å²) in [5.74, 6) is 0.546. The van der Waals surface area contributed by atoms with Crippen LogP contribution in [0.15, 0.2) is 72.8 Å². The van der Waals surface area contributed by atoms with Crippen molar-refractivity contribution in [2.75, 3.05) is 31.6 Å². The van der Waals surface area contributed by atoms with E-state index in [1.807, 2.05) is 48.5 Å². The maximum Gasteiger partial charge on any atom is 0.225 e. The molecule has 3 aromatic rings. The summed E-state index contributed by atoms with van der Waals surface area (Å²) in [5.41, 5.74) is 4.52. The lowest BCUT2D eigenvalue weighted by Crippen LogP contribution is -2.60. The highest BCUT2D eigenvalue weighted by Crippen LogP contribution is 2.38. The van der Waals surface area contributed by atoms with Crippen molar-refractivity contribution in [3.05, 3.63) is 95.3 Å². The largest absolute Gasteiger partial charge is 0.497 e. The van der Waals surface area contributed by atoms with Gasteiger partial charge in [-0.25, -0.2) is 4.39 Å². The van der Waals surface area contributed by atoms with Gasteiger partial charge in [-0.2, -0.15) is 0 Å². The number of ether oxygens (including phenoxy) is 1. The molecule has 0 aliphatic carbocycles. The number of piperazine rings is 1. The van der Waals surface area contributed by atoms with Gasteiger partial charge in [-0.3, -0.25) is 9.69 Å². The van der Waals surface area contributed by atoms with E-state index in [0.29, 0.717) is 13.0 Å². The molecule has 176 valence electrons. The topological polar surface area (TPSA) is 44.8 Å². The number of hydrogen-bond donors (Lipinski definition) is 1. The first kappa shape index (κ1) is 22.4. The molecule has 0 unspecified atom stereocenters. The van der Waals surface area contributed by atoms with Crippen LogP contribution in [0.1, 0.15) is 16.7 Å². The van der Waals surface area contributed by atoms with E-state index in [0.717, 1.165) is 48.7 Å². The van der Waals surface area contributed by atoms with E-state index in [1.165, 1.54) is 17.7 Å². The summed E-state index contributed by atoms with van der Waals surface area (Å²) in [7, 11) is 1.68. The van der Waals surface area contributed by atoms with Crippen LogP contribution in [0.25, 0.3) is 0 Å². The predicted octanol–water partition coefficient (Wildman–Crippen LogP) is 4.01. The number of nitrogens with zero attached hydrogens (tertiary/aromatic N) is 2. The Bertz CT molecular complexity index is 1140. The standard InChI is InChI=1S/C28H30FN3O2/c1-34-24-12-9-22-15-25(28(33)30-17-20-5-3-2-4-6-20)27-19-31(13-14-32(27)26(22)16-24)18-21-7-10-23(29)11-8-21/h2-12,16,25,27H,13-15,17-19H2,1H3,(H,30,33)/t25-,27-/m0/s1. The molecule has 5 rings (SSSR count). The Balaban J connectivity index is 1.37. The van der Waals surface area contributed by atoms with Gasteiger partial charge in [-0.15, -0.1) is 0 Å². The molecule has 1 fully saturated rings. The van der Waals surface area contributed by atoms with E-state index in [9.17, 15) is 9.18 Å². The van der Waals surface area contributed by atoms with Gasteiger partial charge in [0.25, 0.3) is 0 Å². The summed E-state index contributed by atoms with van der Waals surface area (Å²) in [5, 5.41) is 3.18. The zero-order chi connectivity index (χ0) is 23.5. The lowest BCUT2D eigenvalue weighted by atomic mass is 9.83. The van der Waals surface area contributed by atoms with Crippen LogP contribution in [0.3, 0.4) is 0 Å². The SMILES string of the molecule is COc1ccc2c(c1)N1CCN(Cc3ccc(F)cc3)C[C@H]1[C@@H](C(=O)NCc1ccccc1)C2. The van der Waals surface area contributed by atoms with E-state index >= 15 is 0 Å². The van der Waals surface area contributed by atoms with Gasteiger partial charge in [0.2, 0.25) is 5.91 Å². The Hall–Kier alpha value is -3.38. The van der Waals surface area contributed by atoms with Crippen molar-refractivity contribution >= 4 is 11.6 Å². The van der Waals surface area contributed by atoms with Crippen molar-refractivity contribution < 1.29 is 13.9 Å². The Kier molecular flexibility index (Phi) is 6.50. The first-order chi connectivity index (χ1) is 16.6. The van der Waals surface area contributed by atoms with E-state index in [4.69, 9.17) is 4.74 Å². The van der Waals surface area contributed by atoms with Gasteiger partial charge >= 0.3 is 0 Å². The zero-order valence-corrected chi connectivity index (χ0v) is 19.4. The normalized spacial score (nSPS) is 19.8. The van der Waals surface area contributed by atoms with Crippen molar-refractivity contribution in [1.82, 2.24) is 10.2 Å². The van der Waals surface area contributed by atoms with Crippen LogP contribution in [-0.4, -0.2) is 43.6 Å². The number of rotatable bonds is 6. The molecule has 1 amide bonds. The molecule has 2 heterocycles. The summed E-state index contributed by atoms with van der Waals surface area (Å²) in [6, 6.07) is 22.9. The maximum absolute atomic E-state index is 13.4. The molecule has 6 heteroatoms. The first-order valence-electron chi connectivity index (χ1n) is 11.8. The summed E-state index contributed by atoms with van der Waals surface area (Å²) in [6.45, 7) is 3.75. The second-order valence-corrected chi connectivity index (χ2v) is 9.13. The van der Waals surface area contributed by atoms with Gasteiger partial charge in [0, 0.05) is 44.5 Å². The average molecular weight is 460 g/mol. The highest BCUT2D eigenvalue weighted by molar-refractivity contribution is 5.82. The molecule has 1 N–H and O–H groups in total. The van der Waals surface area contributed by atoms with Gasteiger partial charge in [0.05, 0.1) is 19.1 Å². The molecular weight excluding hydrogens is 429 g/mol. The quantitative estimate of drug-likeness (QED) is 0.605. The van der Waals surface area contributed by atoms with Crippen LogP contribution in [-0.2, 0) is 24.3 Å². The van der Waals surface area contributed by atoms with Crippen LogP contribution in [0, 0.1) is 11.7 Å². The summed E-state index contributed by atoms with van der Waals surface area (Å²) in [6.07, 6.45) is 0.700. The Labute approximate surface area is 200 Å². The second kappa shape index (κ2) is 9.85. The van der Waals surface area contributed by atoms with Crippen LogP contribution in [0.5, 0.6) is 5.75 Å². The number of nitrogens with one attached hydrogen (secondary N) is 1. The number of halogens is 1. The summed E-state index contributed by atoms with van der Waals surface area (Å²) >= 11 is 0. The number of carbonyl (C=O) groups is 1. The third kappa shape index (κ3) is 4.77. The molecule has 2 aliphatic heterocycles. The predicted molar refractivity (Wildman–Crippen MR) is 131 cm³/mol. The molecule has 3 aromatic carbocycles. The number of fused-ring (bicyclic) bond motifs is 3. The number of methoxy groups -OCH3 is 1. The number of benzene rings is 3. The maximum atomic E-state index is 13.4. The van der Waals surface area contributed by atoms with E-state index in [2.05, 4.69) is 27.2 Å². The van der Waals surface area contributed by atoms with Gasteiger partial charge < -0.3 is 15.0 Å². The fourth-order valence-corrected chi connectivity index (χ4v) is 5.17. The Morgan fingerprint density at radius 1 is 1.03 bits per heavy atom. The summed E-state index contributed by atoms with van der Waals surface area (Å²) < 4.78 is 18.8. The highest BCUT2D eigenvalue weighted by Gasteiger charge is 2.41. The lowest BCUT2D eigenvalue weighted by Gasteiger charge is -2.49. The van der Waals surface area contributed by atoms with Gasteiger partial charge in [0.1, 0.15) is 11.6 Å². The Morgan fingerprint density at radius 2 is 1.82 bits per heavy atom. The minimum absolute atomic E-state index is 0.0598. The number of anilines is 1. The van der Waals surface area contributed by atoms with Crippen LogP contribution in [0.2, 0.25) is 0 Å². The lowest BCUT2D eigenvalue weighted by molar-refractivity contribution is -0.126. The van der Waals surface area contributed by atoms with Gasteiger partial charge in [0.15, 0.2) is 0 Å². The molecule has 0 aromatic heterocycles. The van der Waals surface area contributed by atoms with Crippen molar-refractivity contribution in [3.63, 3.8) is 0 Å². The monoisotopic (exact) mass is 459 g/mol. The fourth-order valence-electron chi connectivity index (χ4n) is 5.17. The molecule has 2 atom stereocenters. The smallest absolute Gasteiger partial charge is 0.225 e. The average Bonchev–Trinajstić information content (AvgIpc) is 2.88. The molecule has 34 heavy (non-hydrogen) atoms. The van der Waals surface area contributed by atoms with Crippen LogP contribution in [0.4, 0.5) is 10.1 Å². The van der Waals surface area contributed by atoms with Crippen LogP contribution < -0.4 is 15.0 Å². The van der Waals surface area contributed by atoms with Gasteiger partial charge in [-0.05, 0) is 41.3 Å². The Morgan fingerprint density at radius 3 is 2.59 bits per heavy atom.